The third-order valence-electron chi connectivity index (χ3n) is 1.80. The Kier molecular flexibility index (Phi) is 3.47. The van der Waals surface area contributed by atoms with Gasteiger partial charge in [0.25, 0.3) is 0 Å². The summed E-state index contributed by atoms with van der Waals surface area (Å²) in [4.78, 5) is 0. The lowest BCUT2D eigenvalue weighted by Crippen LogP contribution is -2.16. The van der Waals surface area contributed by atoms with Gasteiger partial charge in [-0.1, -0.05) is 6.08 Å². The lowest BCUT2D eigenvalue weighted by Gasteiger charge is -2.10. The number of hydrogen-bond acceptors (Lipinski definition) is 3. The molecule has 0 radical (unpaired) electrons. The van der Waals surface area contributed by atoms with Gasteiger partial charge in [0, 0.05) is 0 Å². The zero-order valence-electron chi connectivity index (χ0n) is 7.25. The van der Waals surface area contributed by atoms with Crippen molar-refractivity contribution in [1.29, 1.82) is 0 Å². The molecule has 0 amide bonds. The van der Waals surface area contributed by atoms with E-state index >= 15 is 0 Å². The predicted octanol–water partition coefficient (Wildman–Crippen LogP) is 1.03. The van der Waals surface area contributed by atoms with E-state index in [1.165, 1.54) is 0 Å². The second-order valence-corrected chi connectivity index (χ2v) is 2.60. The Morgan fingerprint density at radius 3 is 3.17 bits per heavy atom. The van der Waals surface area contributed by atoms with E-state index in [0.29, 0.717) is 0 Å². The summed E-state index contributed by atoms with van der Waals surface area (Å²) in [5.74, 6) is 0. The number of aromatic amines is 1. The van der Waals surface area contributed by atoms with Crippen molar-refractivity contribution in [2.24, 2.45) is 0 Å². The Labute approximate surface area is 72.1 Å². The van der Waals surface area contributed by atoms with Crippen LogP contribution in [0.5, 0.6) is 0 Å². The molecule has 1 aromatic heterocycles. The van der Waals surface area contributed by atoms with Crippen molar-refractivity contribution in [3.05, 3.63) is 24.5 Å². The molecule has 0 aromatic carbocycles. The Hall–Kier alpha value is -1.16. The normalized spacial score (nSPS) is 12.8. The fraction of sp³-hybridized carbons (Fsp3) is 0.500. The minimum atomic E-state index is 0.279. The van der Waals surface area contributed by atoms with Crippen LogP contribution in [0.1, 0.15) is 24.6 Å². The highest BCUT2D eigenvalue weighted by Gasteiger charge is 2.09. The van der Waals surface area contributed by atoms with Crippen LogP contribution in [0, 0.1) is 0 Å². The first kappa shape index (κ1) is 8.93. The molecule has 4 heteroatoms. The highest BCUT2D eigenvalue weighted by Crippen LogP contribution is 2.13. The molecule has 0 bridgehead atoms. The van der Waals surface area contributed by atoms with Crippen molar-refractivity contribution >= 4 is 0 Å². The second-order valence-electron chi connectivity index (χ2n) is 2.60. The number of rotatable bonds is 5. The van der Waals surface area contributed by atoms with Crippen LogP contribution >= 0.6 is 0 Å². The van der Waals surface area contributed by atoms with Gasteiger partial charge in [0.1, 0.15) is 0 Å². The van der Waals surface area contributed by atoms with E-state index in [1.54, 1.807) is 6.20 Å². The zero-order valence-corrected chi connectivity index (χ0v) is 7.25. The van der Waals surface area contributed by atoms with Gasteiger partial charge in [0.2, 0.25) is 0 Å². The van der Waals surface area contributed by atoms with Gasteiger partial charge < -0.3 is 5.32 Å². The maximum absolute atomic E-state index is 4.01. The summed E-state index contributed by atoms with van der Waals surface area (Å²) < 4.78 is 0. The first-order valence-electron chi connectivity index (χ1n) is 4.02. The molecule has 0 saturated carbocycles. The number of allylic oxidation sites excluding steroid dienone is 1. The quantitative estimate of drug-likeness (QED) is 0.642. The van der Waals surface area contributed by atoms with Gasteiger partial charge in [-0.2, -0.15) is 15.4 Å². The van der Waals surface area contributed by atoms with Gasteiger partial charge in [-0.05, 0) is 19.9 Å². The molecule has 0 saturated heterocycles. The molecule has 1 heterocycles. The van der Waals surface area contributed by atoms with E-state index in [9.17, 15) is 0 Å². The summed E-state index contributed by atoms with van der Waals surface area (Å²) in [6.45, 7) is 3.68. The molecule has 1 atom stereocenters. The summed E-state index contributed by atoms with van der Waals surface area (Å²) in [5, 5.41) is 13.5. The van der Waals surface area contributed by atoms with Crippen LogP contribution in [0.4, 0.5) is 0 Å². The highest BCUT2D eigenvalue weighted by atomic mass is 15.3. The van der Waals surface area contributed by atoms with Crippen LogP contribution in [0.25, 0.3) is 0 Å². The Balaban J connectivity index is 2.51. The molecule has 0 aliphatic carbocycles. The van der Waals surface area contributed by atoms with E-state index in [0.717, 1.165) is 18.5 Å². The molecule has 2 N–H and O–H groups in total. The SMILES string of the molecule is C=CCCC(NC)c1cn[nH]n1. The van der Waals surface area contributed by atoms with E-state index in [4.69, 9.17) is 0 Å². The van der Waals surface area contributed by atoms with Gasteiger partial charge in [-0.3, -0.25) is 0 Å². The molecule has 1 aromatic rings. The summed E-state index contributed by atoms with van der Waals surface area (Å²) in [6, 6.07) is 0.279. The van der Waals surface area contributed by atoms with Gasteiger partial charge in [0.15, 0.2) is 0 Å². The van der Waals surface area contributed by atoms with E-state index < -0.39 is 0 Å². The van der Waals surface area contributed by atoms with Crippen molar-refractivity contribution in [1.82, 2.24) is 20.7 Å². The molecule has 4 nitrogen and oxygen atoms in total. The predicted molar refractivity (Wildman–Crippen MR) is 47.6 cm³/mol. The lowest BCUT2D eigenvalue weighted by molar-refractivity contribution is 0.539. The van der Waals surface area contributed by atoms with Crippen LogP contribution in [-0.4, -0.2) is 22.5 Å². The van der Waals surface area contributed by atoms with Crippen molar-refractivity contribution < 1.29 is 0 Å². The Bertz CT molecular complexity index is 217. The van der Waals surface area contributed by atoms with Crippen molar-refractivity contribution in [3.8, 4) is 0 Å². The van der Waals surface area contributed by atoms with Crippen LogP contribution in [-0.2, 0) is 0 Å². The molecule has 66 valence electrons. The summed E-state index contributed by atoms with van der Waals surface area (Å²) in [6.07, 6.45) is 5.64. The van der Waals surface area contributed by atoms with Crippen molar-refractivity contribution in [3.63, 3.8) is 0 Å². The molecule has 0 aliphatic rings. The summed E-state index contributed by atoms with van der Waals surface area (Å²) in [7, 11) is 1.92. The number of hydrogen-bond donors (Lipinski definition) is 2. The van der Waals surface area contributed by atoms with Crippen molar-refractivity contribution in [2.45, 2.75) is 18.9 Å². The van der Waals surface area contributed by atoms with Crippen LogP contribution < -0.4 is 5.32 Å². The molecular formula is C8H14N4. The topological polar surface area (TPSA) is 53.6 Å². The molecule has 0 spiro atoms. The van der Waals surface area contributed by atoms with Crippen LogP contribution in [0.2, 0.25) is 0 Å². The average Bonchev–Trinajstić information content (AvgIpc) is 2.59. The van der Waals surface area contributed by atoms with Gasteiger partial charge in [0.05, 0.1) is 17.9 Å². The van der Waals surface area contributed by atoms with Gasteiger partial charge in [-0.15, -0.1) is 6.58 Å². The number of aromatic nitrogens is 3. The molecule has 1 rings (SSSR count). The summed E-state index contributed by atoms with van der Waals surface area (Å²) in [5.41, 5.74) is 0.958. The second kappa shape index (κ2) is 4.66. The minimum absolute atomic E-state index is 0.279. The van der Waals surface area contributed by atoms with Crippen molar-refractivity contribution in [2.75, 3.05) is 7.05 Å². The van der Waals surface area contributed by atoms with Crippen LogP contribution in [0.15, 0.2) is 18.9 Å². The average molecular weight is 166 g/mol. The molecule has 0 fully saturated rings. The molecular weight excluding hydrogens is 152 g/mol. The molecule has 0 aliphatic heterocycles. The molecule has 12 heavy (non-hydrogen) atoms. The van der Waals surface area contributed by atoms with E-state index in [2.05, 4.69) is 27.3 Å². The maximum Gasteiger partial charge on any atom is 0.0993 e. The minimum Gasteiger partial charge on any atom is -0.312 e. The number of nitrogens with one attached hydrogen (secondary N) is 2. The van der Waals surface area contributed by atoms with Gasteiger partial charge in [-0.25, -0.2) is 0 Å². The number of H-pyrrole nitrogens is 1. The fourth-order valence-corrected chi connectivity index (χ4v) is 1.10. The van der Waals surface area contributed by atoms with Crippen LogP contribution in [0.3, 0.4) is 0 Å². The Morgan fingerprint density at radius 1 is 1.83 bits per heavy atom. The monoisotopic (exact) mass is 166 g/mol. The first-order chi connectivity index (χ1) is 5.88. The van der Waals surface area contributed by atoms with Gasteiger partial charge >= 0.3 is 0 Å². The zero-order chi connectivity index (χ0) is 8.81. The smallest absolute Gasteiger partial charge is 0.0993 e. The number of nitrogens with zero attached hydrogens (tertiary/aromatic N) is 2. The molecule has 1 unspecified atom stereocenters. The third kappa shape index (κ3) is 2.17. The Morgan fingerprint density at radius 2 is 2.67 bits per heavy atom. The fourth-order valence-electron chi connectivity index (χ4n) is 1.10. The highest BCUT2D eigenvalue weighted by molar-refractivity contribution is 4.99. The third-order valence-corrected chi connectivity index (χ3v) is 1.80. The maximum atomic E-state index is 4.01. The summed E-state index contributed by atoms with van der Waals surface area (Å²) >= 11 is 0. The van der Waals surface area contributed by atoms with E-state index in [1.807, 2.05) is 13.1 Å². The first-order valence-corrected chi connectivity index (χ1v) is 4.02. The largest absolute Gasteiger partial charge is 0.312 e. The lowest BCUT2D eigenvalue weighted by atomic mass is 10.1. The van der Waals surface area contributed by atoms with E-state index in [-0.39, 0.29) is 6.04 Å². The standard InChI is InChI=1S/C8H14N4/c1-3-4-5-7(9-2)8-6-10-12-11-8/h3,6-7,9H,1,4-5H2,2H3,(H,10,11,12).